The van der Waals surface area contributed by atoms with E-state index in [1.807, 2.05) is 13.8 Å². The molecule has 0 saturated carbocycles. The Balaban J connectivity index is 2.31. The normalized spacial score (nSPS) is 24.6. The van der Waals surface area contributed by atoms with Gasteiger partial charge < -0.3 is 10.1 Å². The van der Waals surface area contributed by atoms with E-state index in [4.69, 9.17) is 4.74 Å². The second-order valence-corrected chi connectivity index (χ2v) is 6.66. The van der Waals surface area contributed by atoms with E-state index in [0.29, 0.717) is 25.5 Å². The van der Waals surface area contributed by atoms with Crippen LogP contribution in [0.4, 0.5) is 5.95 Å². The lowest BCUT2D eigenvalue weighted by Crippen LogP contribution is -2.51. The van der Waals surface area contributed by atoms with Gasteiger partial charge in [0.05, 0.1) is 25.1 Å². The number of rotatable bonds is 4. The minimum atomic E-state index is -3.58. The second-order valence-electron chi connectivity index (χ2n) is 4.77. The summed E-state index contributed by atoms with van der Waals surface area (Å²) in [7, 11) is -1.90. The van der Waals surface area contributed by atoms with E-state index in [0.717, 1.165) is 0 Å². The molecular formula is C12H20N4O3S. The van der Waals surface area contributed by atoms with Gasteiger partial charge in [0.1, 0.15) is 4.90 Å². The third-order valence-electron chi connectivity index (χ3n) is 3.35. The third kappa shape index (κ3) is 2.92. The molecule has 7 nitrogen and oxygen atoms in total. The predicted molar refractivity (Wildman–Crippen MR) is 75.0 cm³/mol. The van der Waals surface area contributed by atoms with Crippen molar-refractivity contribution in [1.82, 2.24) is 14.3 Å². The average Bonchev–Trinajstić information content (AvgIpc) is 2.47. The molecule has 1 aliphatic heterocycles. The van der Waals surface area contributed by atoms with E-state index in [1.165, 1.54) is 16.7 Å². The number of nitrogens with one attached hydrogen (secondary N) is 1. The Morgan fingerprint density at radius 1 is 1.45 bits per heavy atom. The minimum Gasteiger partial charge on any atom is -0.375 e. The SMILES string of the molecule is CCC1COC(C)CN1S(=O)(=O)c1cnc(NC)nc1. The molecule has 1 N–H and O–H groups in total. The van der Waals surface area contributed by atoms with E-state index in [-0.39, 0.29) is 17.0 Å². The van der Waals surface area contributed by atoms with Crippen LogP contribution in [0.25, 0.3) is 0 Å². The van der Waals surface area contributed by atoms with Crippen LogP contribution in [-0.4, -0.2) is 55.0 Å². The van der Waals surface area contributed by atoms with Gasteiger partial charge in [0.15, 0.2) is 0 Å². The molecule has 2 unspecified atom stereocenters. The van der Waals surface area contributed by atoms with Gasteiger partial charge in [0, 0.05) is 19.6 Å². The number of morpholine rings is 1. The zero-order valence-electron chi connectivity index (χ0n) is 11.9. The molecular weight excluding hydrogens is 280 g/mol. The first-order valence-electron chi connectivity index (χ1n) is 6.62. The fraction of sp³-hybridized carbons (Fsp3) is 0.667. The van der Waals surface area contributed by atoms with Gasteiger partial charge in [0.2, 0.25) is 16.0 Å². The molecule has 2 heterocycles. The zero-order chi connectivity index (χ0) is 14.8. The number of aromatic nitrogens is 2. The van der Waals surface area contributed by atoms with E-state index in [2.05, 4.69) is 15.3 Å². The van der Waals surface area contributed by atoms with Gasteiger partial charge in [-0.2, -0.15) is 4.31 Å². The van der Waals surface area contributed by atoms with Crippen molar-refractivity contribution in [3.8, 4) is 0 Å². The Hall–Kier alpha value is -1.25. The first kappa shape index (κ1) is 15.1. The van der Waals surface area contributed by atoms with E-state index in [9.17, 15) is 8.42 Å². The highest BCUT2D eigenvalue weighted by atomic mass is 32.2. The minimum absolute atomic E-state index is 0.106. The maximum atomic E-state index is 12.7. The topological polar surface area (TPSA) is 84.4 Å². The van der Waals surface area contributed by atoms with Crippen molar-refractivity contribution < 1.29 is 13.2 Å². The summed E-state index contributed by atoms with van der Waals surface area (Å²) >= 11 is 0. The molecule has 0 aromatic carbocycles. The molecule has 0 aliphatic carbocycles. The molecule has 0 radical (unpaired) electrons. The Kier molecular flexibility index (Phi) is 4.56. The van der Waals surface area contributed by atoms with Gasteiger partial charge in [0.25, 0.3) is 0 Å². The quantitative estimate of drug-likeness (QED) is 0.881. The maximum absolute atomic E-state index is 12.7. The number of hydrogen-bond acceptors (Lipinski definition) is 6. The van der Waals surface area contributed by atoms with Gasteiger partial charge in [-0.1, -0.05) is 6.92 Å². The van der Waals surface area contributed by atoms with E-state index >= 15 is 0 Å². The molecule has 20 heavy (non-hydrogen) atoms. The van der Waals surface area contributed by atoms with Crippen LogP contribution in [0.1, 0.15) is 20.3 Å². The van der Waals surface area contributed by atoms with E-state index < -0.39 is 10.0 Å². The standard InChI is InChI=1S/C12H20N4O3S/c1-4-10-8-19-9(2)7-16(10)20(17,18)11-5-14-12(13-3)15-6-11/h5-6,9-10H,4,7-8H2,1-3H3,(H,13,14,15). The van der Waals surface area contributed by atoms with Crippen molar-refractivity contribution in [2.24, 2.45) is 0 Å². The van der Waals surface area contributed by atoms with Crippen molar-refractivity contribution in [3.05, 3.63) is 12.4 Å². The molecule has 1 aliphatic rings. The lowest BCUT2D eigenvalue weighted by molar-refractivity contribution is -0.0230. The first-order valence-corrected chi connectivity index (χ1v) is 8.06. The summed E-state index contributed by atoms with van der Waals surface area (Å²) in [5.74, 6) is 0.395. The van der Waals surface area contributed by atoms with Crippen molar-refractivity contribution in [2.45, 2.75) is 37.3 Å². The smallest absolute Gasteiger partial charge is 0.246 e. The van der Waals surface area contributed by atoms with Gasteiger partial charge in [-0.3, -0.25) is 0 Å². The van der Waals surface area contributed by atoms with Crippen LogP contribution in [0, 0.1) is 0 Å². The molecule has 1 fully saturated rings. The largest absolute Gasteiger partial charge is 0.375 e. The van der Waals surface area contributed by atoms with Crippen molar-refractivity contribution in [2.75, 3.05) is 25.5 Å². The molecule has 0 bridgehead atoms. The third-order valence-corrected chi connectivity index (χ3v) is 5.22. The number of hydrogen-bond donors (Lipinski definition) is 1. The van der Waals surface area contributed by atoms with Crippen LogP contribution in [0.15, 0.2) is 17.3 Å². The Morgan fingerprint density at radius 2 is 2.10 bits per heavy atom. The van der Waals surface area contributed by atoms with Crippen LogP contribution >= 0.6 is 0 Å². The highest BCUT2D eigenvalue weighted by molar-refractivity contribution is 7.89. The Labute approximate surface area is 119 Å². The number of sulfonamides is 1. The average molecular weight is 300 g/mol. The lowest BCUT2D eigenvalue weighted by Gasteiger charge is -2.37. The summed E-state index contributed by atoms with van der Waals surface area (Å²) in [6.45, 7) is 4.60. The molecule has 0 spiro atoms. The summed E-state index contributed by atoms with van der Waals surface area (Å²) in [5.41, 5.74) is 0. The maximum Gasteiger partial charge on any atom is 0.246 e. The molecule has 0 amide bonds. The van der Waals surface area contributed by atoms with Crippen molar-refractivity contribution in [3.63, 3.8) is 0 Å². The first-order chi connectivity index (χ1) is 9.48. The monoisotopic (exact) mass is 300 g/mol. The lowest BCUT2D eigenvalue weighted by atomic mass is 10.2. The van der Waals surface area contributed by atoms with Crippen LogP contribution in [-0.2, 0) is 14.8 Å². The number of ether oxygens (including phenoxy) is 1. The summed E-state index contributed by atoms with van der Waals surface area (Å²) in [4.78, 5) is 8.05. The molecule has 8 heteroatoms. The van der Waals surface area contributed by atoms with E-state index in [1.54, 1.807) is 7.05 Å². The highest BCUT2D eigenvalue weighted by Crippen LogP contribution is 2.23. The summed E-state index contributed by atoms with van der Waals surface area (Å²) in [5, 5.41) is 2.76. The molecule has 112 valence electrons. The van der Waals surface area contributed by atoms with Crippen LogP contribution in [0.3, 0.4) is 0 Å². The highest BCUT2D eigenvalue weighted by Gasteiger charge is 2.35. The molecule has 1 aromatic heterocycles. The van der Waals surface area contributed by atoms with Gasteiger partial charge in [-0.05, 0) is 13.3 Å². The second kappa shape index (κ2) is 6.02. The molecule has 1 saturated heterocycles. The molecule has 1 aromatic rings. The fourth-order valence-electron chi connectivity index (χ4n) is 2.14. The number of anilines is 1. The van der Waals surface area contributed by atoms with Crippen LogP contribution in [0.2, 0.25) is 0 Å². The molecule has 2 atom stereocenters. The van der Waals surface area contributed by atoms with Gasteiger partial charge >= 0.3 is 0 Å². The van der Waals surface area contributed by atoms with Gasteiger partial charge in [-0.15, -0.1) is 0 Å². The summed E-state index contributed by atoms with van der Waals surface area (Å²) in [6.07, 6.45) is 3.27. The summed E-state index contributed by atoms with van der Waals surface area (Å²) in [6, 6.07) is -0.139. The van der Waals surface area contributed by atoms with Crippen molar-refractivity contribution >= 4 is 16.0 Å². The fourth-order valence-corrected chi connectivity index (χ4v) is 3.79. The van der Waals surface area contributed by atoms with Crippen LogP contribution in [0.5, 0.6) is 0 Å². The van der Waals surface area contributed by atoms with Crippen molar-refractivity contribution in [1.29, 1.82) is 0 Å². The number of nitrogens with zero attached hydrogens (tertiary/aromatic N) is 3. The van der Waals surface area contributed by atoms with Gasteiger partial charge in [-0.25, -0.2) is 18.4 Å². The summed E-state index contributed by atoms with van der Waals surface area (Å²) < 4.78 is 32.4. The Bertz CT molecular complexity index is 546. The predicted octanol–water partition coefficient (Wildman–Crippen LogP) is 0.706. The molecule has 2 rings (SSSR count). The Morgan fingerprint density at radius 3 is 2.65 bits per heavy atom. The van der Waals surface area contributed by atoms with Crippen LogP contribution < -0.4 is 5.32 Å². The zero-order valence-corrected chi connectivity index (χ0v) is 12.7.